The fourth-order valence-corrected chi connectivity index (χ4v) is 0.735. The van der Waals surface area contributed by atoms with Crippen molar-refractivity contribution in [3.63, 3.8) is 0 Å². The second-order valence-electron chi connectivity index (χ2n) is 2.42. The predicted molar refractivity (Wildman–Crippen MR) is 48.3 cm³/mol. The minimum atomic E-state index is 0.848. The lowest BCUT2D eigenvalue weighted by atomic mass is 10.3. The van der Waals surface area contributed by atoms with Crippen LogP contribution < -0.4 is 5.32 Å². The van der Waals surface area contributed by atoms with Gasteiger partial charge in [-0.2, -0.15) is 0 Å². The van der Waals surface area contributed by atoms with E-state index < -0.39 is 0 Å². The molecule has 0 unspecified atom stereocenters. The van der Waals surface area contributed by atoms with Crippen molar-refractivity contribution in [1.82, 2.24) is 5.32 Å². The van der Waals surface area contributed by atoms with Crippen molar-refractivity contribution >= 4 is 5.84 Å². The van der Waals surface area contributed by atoms with Crippen LogP contribution in [0.1, 0.15) is 13.8 Å². The van der Waals surface area contributed by atoms with Crippen molar-refractivity contribution in [3.05, 3.63) is 36.2 Å². The summed E-state index contributed by atoms with van der Waals surface area (Å²) in [5.41, 5.74) is 2.03. The third-order valence-corrected chi connectivity index (χ3v) is 1.53. The van der Waals surface area contributed by atoms with Crippen LogP contribution in [0, 0.1) is 0 Å². The summed E-state index contributed by atoms with van der Waals surface area (Å²) in [6.07, 6.45) is 5.62. The normalized spacial score (nSPS) is 17.1. The van der Waals surface area contributed by atoms with Crippen LogP contribution in [0.2, 0.25) is 0 Å². The molecular formula is C9H12N2. The molecule has 1 N–H and O–H groups in total. The van der Waals surface area contributed by atoms with Crippen LogP contribution in [-0.2, 0) is 0 Å². The van der Waals surface area contributed by atoms with E-state index in [-0.39, 0.29) is 0 Å². The molecule has 0 bridgehead atoms. The van der Waals surface area contributed by atoms with Gasteiger partial charge in [-0.3, -0.25) is 0 Å². The smallest absolute Gasteiger partial charge is 0.136 e. The maximum Gasteiger partial charge on any atom is 0.136 e. The lowest BCUT2D eigenvalue weighted by Gasteiger charge is -2.05. The average Bonchev–Trinajstić information content (AvgIpc) is 2.37. The third-order valence-electron chi connectivity index (χ3n) is 1.53. The second-order valence-corrected chi connectivity index (χ2v) is 2.42. The zero-order valence-corrected chi connectivity index (χ0v) is 6.89. The molecule has 1 aliphatic rings. The Kier molecular flexibility index (Phi) is 2.26. The number of allylic oxidation sites excluding steroid dienone is 2. The highest BCUT2D eigenvalue weighted by atomic mass is 15.0. The Morgan fingerprint density at radius 1 is 1.73 bits per heavy atom. The number of aliphatic imine (C=N–C) groups is 1. The summed E-state index contributed by atoms with van der Waals surface area (Å²) >= 11 is 0. The molecule has 2 heteroatoms. The molecule has 0 amide bonds. The van der Waals surface area contributed by atoms with Crippen molar-refractivity contribution in [3.8, 4) is 0 Å². The summed E-state index contributed by atoms with van der Waals surface area (Å²) in [6, 6.07) is 0. The molecule has 1 aliphatic heterocycles. The van der Waals surface area contributed by atoms with Crippen LogP contribution in [-0.4, -0.2) is 5.84 Å². The Morgan fingerprint density at radius 2 is 2.45 bits per heavy atom. The van der Waals surface area contributed by atoms with E-state index in [0.717, 1.165) is 17.1 Å². The largest absolute Gasteiger partial charge is 0.344 e. The van der Waals surface area contributed by atoms with Crippen LogP contribution >= 0.6 is 0 Å². The molecule has 0 saturated heterocycles. The molecule has 0 atom stereocenters. The molecule has 0 aromatic heterocycles. The SMILES string of the molecule is C=C1C=CN=C1N/C(C)=C\C. The van der Waals surface area contributed by atoms with Gasteiger partial charge in [-0.05, 0) is 19.9 Å². The first-order chi connectivity index (χ1) is 5.24. The quantitative estimate of drug-likeness (QED) is 0.604. The standard InChI is InChI=1S/C9H12N2/c1-4-8(3)11-9-7(2)5-6-10-9/h4-6H,2H2,1,3H3,(H,10,11)/b8-4-. The maximum atomic E-state index is 4.09. The van der Waals surface area contributed by atoms with Crippen LogP contribution in [0.5, 0.6) is 0 Å². The molecule has 0 radical (unpaired) electrons. The molecule has 0 saturated carbocycles. The Morgan fingerprint density at radius 3 is 2.91 bits per heavy atom. The van der Waals surface area contributed by atoms with E-state index in [1.807, 2.05) is 26.0 Å². The minimum absolute atomic E-state index is 0.848. The van der Waals surface area contributed by atoms with Crippen molar-refractivity contribution in [2.24, 2.45) is 4.99 Å². The van der Waals surface area contributed by atoms with Crippen molar-refractivity contribution in [1.29, 1.82) is 0 Å². The molecule has 0 aromatic rings. The molecule has 1 heterocycles. The van der Waals surface area contributed by atoms with Crippen LogP contribution in [0.4, 0.5) is 0 Å². The third kappa shape index (κ3) is 1.80. The van der Waals surface area contributed by atoms with Gasteiger partial charge in [0.2, 0.25) is 0 Å². The monoisotopic (exact) mass is 148 g/mol. The first kappa shape index (κ1) is 7.79. The Bertz CT molecular complexity index is 257. The number of nitrogens with zero attached hydrogens (tertiary/aromatic N) is 1. The number of rotatable bonds is 1. The van der Waals surface area contributed by atoms with E-state index in [9.17, 15) is 0 Å². The van der Waals surface area contributed by atoms with E-state index in [2.05, 4.69) is 16.9 Å². The predicted octanol–water partition coefficient (Wildman–Crippen LogP) is 1.98. The first-order valence-corrected chi connectivity index (χ1v) is 3.57. The summed E-state index contributed by atoms with van der Waals surface area (Å²) in [4.78, 5) is 4.09. The number of hydrogen-bond donors (Lipinski definition) is 1. The first-order valence-electron chi connectivity index (χ1n) is 3.57. The van der Waals surface area contributed by atoms with Gasteiger partial charge in [0.25, 0.3) is 0 Å². The average molecular weight is 148 g/mol. The zero-order valence-electron chi connectivity index (χ0n) is 6.89. The van der Waals surface area contributed by atoms with Gasteiger partial charge < -0.3 is 5.32 Å². The van der Waals surface area contributed by atoms with Gasteiger partial charge in [0, 0.05) is 17.5 Å². The van der Waals surface area contributed by atoms with Crippen LogP contribution in [0.3, 0.4) is 0 Å². The van der Waals surface area contributed by atoms with Crippen molar-refractivity contribution in [2.75, 3.05) is 0 Å². The summed E-state index contributed by atoms with van der Waals surface area (Å²) in [7, 11) is 0. The second kappa shape index (κ2) is 3.19. The van der Waals surface area contributed by atoms with Crippen molar-refractivity contribution in [2.45, 2.75) is 13.8 Å². The number of hydrogen-bond acceptors (Lipinski definition) is 2. The van der Waals surface area contributed by atoms with Gasteiger partial charge in [0.05, 0.1) is 0 Å². The summed E-state index contributed by atoms with van der Waals surface area (Å²) in [6.45, 7) is 7.79. The minimum Gasteiger partial charge on any atom is -0.344 e. The molecule has 0 spiro atoms. The van der Waals surface area contributed by atoms with E-state index in [0.29, 0.717) is 0 Å². The van der Waals surface area contributed by atoms with Crippen molar-refractivity contribution < 1.29 is 0 Å². The molecule has 0 aliphatic carbocycles. The molecule has 58 valence electrons. The fourth-order valence-electron chi connectivity index (χ4n) is 0.735. The Hall–Kier alpha value is -1.31. The van der Waals surface area contributed by atoms with Gasteiger partial charge in [-0.25, -0.2) is 4.99 Å². The number of nitrogens with one attached hydrogen (secondary N) is 1. The highest BCUT2D eigenvalue weighted by Crippen LogP contribution is 2.05. The van der Waals surface area contributed by atoms with Crippen LogP contribution in [0.25, 0.3) is 0 Å². The van der Waals surface area contributed by atoms with E-state index in [1.54, 1.807) is 6.20 Å². The van der Waals surface area contributed by atoms with Gasteiger partial charge in [-0.1, -0.05) is 12.7 Å². The highest BCUT2D eigenvalue weighted by Gasteiger charge is 2.04. The topological polar surface area (TPSA) is 24.4 Å². The van der Waals surface area contributed by atoms with E-state index in [1.165, 1.54) is 0 Å². The zero-order chi connectivity index (χ0) is 8.27. The molecular weight excluding hydrogens is 136 g/mol. The summed E-state index contributed by atoms with van der Waals surface area (Å²) in [5.74, 6) is 0.848. The van der Waals surface area contributed by atoms with E-state index in [4.69, 9.17) is 0 Å². The molecule has 0 fully saturated rings. The fraction of sp³-hybridized carbons (Fsp3) is 0.222. The maximum absolute atomic E-state index is 4.09. The Balaban J connectivity index is 2.59. The lowest BCUT2D eigenvalue weighted by molar-refractivity contribution is 1.11. The van der Waals surface area contributed by atoms with Gasteiger partial charge in [0.1, 0.15) is 5.84 Å². The van der Waals surface area contributed by atoms with Gasteiger partial charge in [0.15, 0.2) is 0 Å². The van der Waals surface area contributed by atoms with Gasteiger partial charge in [-0.15, -0.1) is 0 Å². The van der Waals surface area contributed by atoms with Crippen LogP contribution in [0.15, 0.2) is 41.2 Å². The molecule has 0 aromatic carbocycles. The molecule has 11 heavy (non-hydrogen) atoms. The van der Waals surface area contributed by atoms with E-state index >= 15 is 0 Å². The van der Waals surface area contributed by atoms with Gasteiger partial charge >= 0.3 is 0 Å². The summed E-state index contributed by atoms with van der Waals surface area (Å²) in [5, 5.41) is 3.13. The molecule has 1 rings (SSSR count). The Labute approximate surface area is 67.0 Å². The lowest BCUT2D eigenvalue weighted by Crippen LogP contribution is -2.20. The summed E-state index contributed by atoms with van der Waals surface area (Å²) < 4.78 is 0. The molecule has 2 nitrogen and oxygen atoms in total. The highest BCUT2D eigenvalue weighted by molar-refractivity contribution is 6.03. The number of amidine groups is 1.